The number of rotatable bonds is 13. The maximum absolute atomic E-state index is 13.7. The molecule has 3 atom stereocenters. The molecular weight excluding hydrogens is 510 g/mol. The molecule has 0 aliphatic carbocycles. The van der Waals surface area contributed by atoms with Gasteiger partial charge in [0.15, 0.2) is 5.78 Å². The van der Waals surface area contributed by atoms with Crippen LogP contribution < -0.4 is 16.0 Å². The summed E-state index contributed by atoms with van der Waals surface area (Å²) in [6.07, 6.45) is 4.09. The summed E-state index contributed by atoms with van der Waals surface area (Å²) < 4.78 is 5.46. The van der Waals surface area contributed by atoms with Gasteiger partial charge in [0.25, 0.3) is 0 Å². The molecule has 3 amide bonds. The minimum Gasteiger partial charge on any atom is -0.381 e. The van der Waals surface area contributed by atoms with Crippen LogP contribution in [0.3, 0.4) is 0 Å². The Kier molecular flexibility index (Phi) is 10.2. The second-order valence-corrected chi connectivity index (χ2v) is 9.95. The summed E-state index contributed by atoms with van der Waals surface area (Å²) in [5.41, 5.74) is 2.64. The number of fused-ring (bicyclic) bond motifs is 1. The molecule has 2 aromatic carbocycles. The number of ketones is 1. The number of ether oxygens (including phenoxy) is 1. The number of benzene rings is 2. The lowest BCUT2D eigenvalue weighted by Gasteiger charge is -2.26. The minimum absolute atomic E-state index is 0.0186. The van der Waals surface area contributed by atoms with Gasteiger partial charge in [0.1, 0.15) is 12.1 Å². The third-order valence-electron chi connectivity index (χ3n) is 7.05. The van der Waals surface area contributed by atoms with Crippen LogP contribution >= 0.6 is 0 Å². The van der Waals surface area contributed by atoms with Crippen LogP contribution in [-0.2, 0) is 36.9 Å². The van der Waals surface area contributed by atoms with Gasteiger partial charge < -0.3 is 31.1 Å². The van der Waals surface area contributed by atoms with Gasteiger partial charge in [-0.2, -0.15) is 0 Å². The number of nitrogens with one attached hydrogen (secondary N) is 5. The highest BCUT2D eigenvalue weighted by Gasteiger charge is 2.30. The van der Waals surface area contributed by atoms with Gasteiger partial charge in [-0.05, 0) is 36.5 Å². The van der Waals surface area contributed by atoms with Crippen molar-refractivity contribution >= 4 is 40.6 Å². The summed E-state index contributed by atoms with van der Waals surface area (Å²) in [6.45, 7) is 1.16. The van der Waals surface area contributed by atoms with E-state index in [0.29, 0.717) is 25.8 Å². The summed E-state index contributed by atoms with van der Waals surface area (Å²) in [7, 11) is 0. The molecule has 0 bridgehead atoms. The van der Waals surface area contributed by atoms with Crippen molar-refractivity contribution in [1.82, 2.24) is 20.9 Å². The Balaban J connectivity index is 1.51. The van der Waals surface area contributed by atoms with Crippen molar-refractivity contribution in [2.24, 2.45) is 5.92 Å². The normalized spacial score (nSPS) is 16.4. The van der Waals surface area contributed by atoms with Crippen molar-refractivity contribution in [1.29, 1.82) is 5.41 Å². The van der Waals surface area contributed by atoms with Crippen LogP contribution in [0.15, 0.2) is 60.8 Å². The number of hydrogen-bond acceptors (Lipinski definition) is 6. The molecule has 3 aromatic rings. The molecule has 4 rings (SSSR count). The van der Waals surface area contributed by atoms with Crippen molar-refractivity contribution in [3.8, 4) is 0 Å². The van der Waals surface area contributed by atoms with Crippen LogP contribution in [0.2, 0.25) is 0 Å². The van der Waals surface area contributed by atoms with E-state index in [1.165, 1.54) is 0 Å². The van der Waals surface area contributed by atoms with E-state index in [4.69, 9.17) is 10.1 Å². The van der Waals surface area contributed by atoms with Gasteiger partial charge in [-0.3, -0.25) is 19.2 Å². The highest BCUT2D eigenvalue weighted by atomic mass is 16.5. The molecule has 1 saturated heterocycles. The maximum atomic E-state index is 13.7. The van der Waals surface area contributed by atoms with Crippen molar-refractivity contribution in [2.75, 3.05) is 13.2 Å². The van der Waals surface area contributed by atoms with Crippen LogP contribution in [0.25, 0.3) is 10.9 Å². The van der Waals surface area contributed by atoms with Crippen LogP contribution in [0.5, 0.6) is 0 Å². The zero-order valence-electron chi connectivity index (χ0n) is 22.3. The molecule has 40 heavy (non-hydrogen) atoms. The van der Waals surface area contributed by atoms with E-state index in [1.54, 1.807) is 0 Å². The van der Waals surface area contributed by atoms with Gasteiger partial charge in [-0.15, -0.1) is 0 Å². The van der Waals surface area contributed by atoms with E-state index < -0.39 is 29.7 Å². The zero-order valence-corrected chi connectivity index (χ0v) is 22.3. The average molecular weight is 546 g/mol. The number of aromatic nitrogens is 1. The Labute approximate surface area is 232 Å². The number of carbonyl (C=O) groups excluding carboxylic acids is 4. The number of hydrogen-bond donors (Lipinski definition) is 5. The standard InChI is InChI=1S/C30H35N5O5/c31-16-23(36)12-13-26(29(38)33-17-20-7-2-1-3-8-20)34-30(39)27(35-28(37)21-9-6-14-40-19-21)15-22-18-32-25-11-5-4-10-24(22)25/h1-5,7-8,10-11,16,18,21,26-27,31-32H,6,9,12-15,17,19H2,(H,33,38)(H,34,39)(H,35,37)/t21-,26+,27+/m1/s1. The van der Waals surface area contributed by atoms with E-state index >= 15 is 0 Å². The molecule has 1 aliphatic rings. The van der Waals surface area contributed by atoms with Crippen molar-refractivity contribution < 1.29 is 23.9 Å². The summed E-state index contributed by atoms with van der Waals surface area (Å²) in [5.74, 6) is -2.06. The molecule has 0 saturated carbocycles. The summed E-state index contributed by atoms with van der Waals surface area (Å²) in [5, 5.41) is 16.6. The first-order valence-corrected chi connectivity index (χ1v) is 13.5. The number of Topliss-reactive ketones (excluding diaryl/α,β-unsaturated/α-hetero) is 1. The monoisotopic (exact) mass is 545 g/mol. The van der Waals surface area contributed by atoms with E-state index in [0.717, 1.165) is 28.5 Å². The van der Waals surface area contributed by atoms with Gasteiger partial charge in [0, 0.05) is 43.1 Å². The Morgan fingerprint density at radius 1 is 1.00 bits per heavy atom. The van der Waals surface area contributed by atoms with Crippen LogP contribution in [0.1, 0.15) is 36.8 Å². The Bertz CT molecular complexity index is 1330. The molecule has 10 nitrogen and oxygen atoms in total. The van der Waals surface area contributed by atoms with E-state index in [9.17, 15) is 19.2 Å². The van der Waals surface area contributed by atoms with Gasteiger partial charge in [0.2, 0.25) is 17.7 Å². The second-order valence-electron chi connectivity index (χ2n) is 9.95. The predicted octanol–water partition coefficient (Wildman–Crippen LogP) is 2.42. The fourth-order valence-corrected chi connectivity index (χ4v) is 4.77. The molecule has 10 heteroatoms. The average Bonchev–Trinajstić information content (AvgIpc) is 3.40. The van der Waals surface area contributed by atoms with Gasteiger partial charge in [-0.25, -0.2) is 0 Å². The first kappa shape index (κ1) is 28.7. The zero-order chi connectivity index (χ0) is 28.3. The molecule has 210 valence electrons. The van der Waals surface area contributed by atoms with Crippen molar-refractivity contribution in [2.45, 2.75) is 50.7 Å². The van der Waals surface area contributed by atoms with E-state index in [1.807, 2.05) is 60.8 Å². The smallest absolute Gasteiger partial charge is 0.243 e. The highest BCUT2D eigenvalue weighted by Crippen LogP contribution is 2.20. The molecule has 1 aliphatic heterocycles. The minimum atomic E-state index is -1.03. The summed E-state index contributed by atoms with van der Waals surface area (Å²) in [4.78, 5) is 54.9. The fourth-order valence-electron chi connectivity index (χ4n) is 4.77. The first-order chi connectivity index (χ1) is 19.4. The molecular formula is C30H35N5O5. The lowest BCUT2D eigenvalue weighted by molar-refractivity contribution is -0.135. The van der Waals surface area contributed by atoms with E-state index in [-0.39, 0.29) is 37.6 Å². The largest absolute Gasteiger partial charge is 0.381 e. The van der Waals surface area contributed by atoms with Gasteiger partial charge in [0.05, 0.1) is 18.7 Å². The Morgan fingerprint density at radius 2 is 1.77 bits per heavy atom. The number of amides is 3. The van der Waals surface area contributed by atoms with Crippen molar-refractivity contribution in [3.63, 3.8) is 0 Å². The predicted molar refractivity (Wildman–Crippen MR) is 151 cm³/mol. The SMILES string of the molecule is N=CC(=O)CC[C@H](NC(=O)[C@H](Cc1c[nH]c2ccccc12)NC(=O)[C@@H]1CCCOC1)C(=O)NCc1ccccc1. The van der Waals surface area contributed by atoms with Gasteiger partial charge in [-0.1, -0.05) is 48.5 Å². The number of para-hydroxylation sites is 1. The topological polar surface area (TPSA) is 153 Å². The summed E-state index contributed by atoms with van der Waals surface area (Å²) >= 11 is 0. The molecule has 0 spiro atoms. The molecule has 2 heterocycles. The third kappa shape index (κ3) is 7.86. The van der Waals surface area contributed by atoms with Crippen LogP contribution in [0.4, 0.5) is 0 Å². The van der Waals surface area contributed by atoms with Crippen molar-refractivity contribution in [3.05, 3.63) is 71.9 Å². The first-order valence-electron chi connectivity index (χ1n) is 13.5. The number of aromatic amines is 1. The summed E-state index contributed by atoms with van der Waals surface area (Å²) in [6, 6.07) is 15.0. The number of H-pyrrole nitrogens is 1. The van der Waals surface area contributed by atoms with Gasteiger partial charge >= 0.3 is 0 Å². The Morgan fingerprint density at radius 3 is 2.52 bits per heavy atom. The third-order valence-corrected chi connectivity index (χ3v) is 7.05. The molecule has 0 radical (unpaired) electrons. The van der Waals surface area contributed by atoms with E-state index in [2.05, 4.69) is 20.9 Å². The lowest BCUT2D eigenvalue weighted by Crippen LogP contribution is -2.55. The number of carbonyl (C=O) groups is 4. The highest BCUT2D eigenvalue weighted by molar-refractivity contribution is 6.26. The lowest BCUT2D eigenvalue weighted by atomic mass is 9.99. The van der Waals surface area contributed by atoms with Crippen LogP contribution in [-0.4, -0.2) is 60.0 Å². The molecule has 1 aromatic heterocycles. The second kappa shape index (κ2) is 14.2. The molecule has 5 N–H and O–H groups in total. The molecule has 0 unspecified atom stereocenters. The fraction of sp³-hybridized carbons (Fsp3) is 0.367. The van der Waals surface area contributed by atoms with Crippen LogP contribution in [0, 0.1) is 11.3 Å². The quantitative estimate of drug-likeness (QED) is 0.209. The molecule has 1 fully saturated rings. The maximum Gasteiger partial charge on any atom is 0.243 e. The Hall–Kier alpha value is -4.31.